The van der Waals surface area contributed by atoms with Gasteiger partial charge in [-0.1, -0.05) is 28.1 Å². The van der Waals surface area contributed by atoms with Gasteiger partial charge in [-0.3, -0.25) is 0 Å². The minimum absolute atomic E-state index is 0.437. The highest BCUT2D eigenvalue weighted by Gasteiger charge is 2.35. The van der Waals surface area contributed by atoms with E-state index in [1.807, 2.05) is 5.83 Å². The summed E-state index contributed by atoms with van der Waals surface area (Å²) < 4.78 is 52.2. The van der Waals surface area contributed by atoms with Crippen LogP contribution in [0.1, 0.15) is 11.1 Å². The Morgan fingerprint density at radius 2 is 1.26 bits per heavy atom. The zero-order chi connectivity index (χ0) is 17.8. The first-order valence-corrected chi connectivity index (χ1v) is 7.58. The molecule has 23 heavy (non-hydrogen) atoms. The molecule has 2 aromatic rings. The van der Waals surface area contributed by atoms with Gasteiger partial charge in [-0.25, -0.2) is 17.6 Å². The summed E-state index contributed by atoms with van der Waals surface area (Å²) in [5.41, 5.74) is -4.14. The highest BCUT2D eigenvalue weighted by atomic mass is 79.9. The fourth-order valence-corrected chi connectivity index (χ4v) is 1.84. The Hall–Kier alpha value is -1.93. The summed E-state index contributed by atoms with van der Waals surface area (Å²) in [5.74, 6) is -5.62. The average molecular weight is 394 g/mol. The molecular weight excluding hydrogens is 384 g/mol. The van der Waals surface area contributed by atoms with Crippen LogP contribution in [0.4, 0.5) is 17.6 Å². The number of rotatable bonds is 3. The molecule has 1 N–H and O–H groups in total. The molecule has 3 nitrogen and oxygen atoms in total. The monoisotopic (exact) mass is 393 g/mol. The average Bonchev–Trinajstić information content (AvgIpc) is 2.53. The number of carbonyl (C=O) groups excluding carboxylic acids is 1. The zero-order valence-corrected chi connectivity index (χ0v) is 13.2. The van der Waals surface area contributed by atoms with Gasteiger partial charge >= 0.3 is 0 Å². The van der Waals surface area contributed by atoms with Gasteiger partial charge in [0.05, 0.1) is 5.97 Å². The third-order valence-electron chi connectivity index (χ3n) is 2.97. The zero-order valence-electron chi connectivity index (χ0n) is 11.6. The van der Waals surface area contributed by atoms with Crippen molar-refractivity contribution in [2.24, 2.45) is 0 Å². The first-order valence-electron chi connectivity index (χ1n) is 5.99. The van der Waals surface area contributed by atoms with Gasteiger partial charge in [-0.2, -0.15) is 0 Å². The van der Waals surface area contributed by atoms with Crippen molar-refractivity contribution >= 4 is 21.9 Å². The van der Waals surface area contributed by atoms with Gasteiger partial charge in [0.1, 0.15) is 0 Å². The molecule has 0 heterocycles. The van der Waals surface area contributed by atoms with Gasteiger partial charge in [-0.05, 0) is 41.2 Å². The van der Waals surface area contributed by atoms with Crippen LogP contribution >= 0.6 is 15.9 Å². The number of hydrogen-bond donors (Lipinski definition) is 1. The number of benzene rings is 2. The second-order valence-electron chi connectivity index (χ2n) is 4.26. The summed E-state index contributed by atoms with van der Waals surface area (Å²) in [4.78, 5) is 11.2. The Kier molecular flexibility index (Phi) is 6.28. The van der Waals surface area contributed by atoms with E-state index in [1.54, 1.807) is 0 Å². The van der Waals surface area contributed by atoms with Crippen molar-refractivity contribution in [1.29, 1.82) is 0 Å². The molecule has 0 aliphatic heterocycles. The Morgan fingerprint density at radius 1 is 0.913 bits per heavy atom. The topological polar surface area (TPSA) is 60.4 Å². The maximum atomic E-state index is 13.2. The van der Waals surface area contributed by atoms with Crippen molar-refractivity contribution < 1.29 is 32.6 Å². The molecule has 2 aromatic carbocycles. The van der Waals surface area contributed by atoms with Crippen LogP contribution in [0.3, 0.4) is 0 Å². The number of aliphatic hydroxyl groups is 1. The molecule has 8 heteroatoms. The molecule has 0 unspecified atom stereocenters. The molecule has 0 spiro atoms. The number of carbonyl (C=O) groups is 1. The van der Waals surface area contributed by atoms with Crippen molar-refractivity contribution in [2.45, 2.75) is 5.60 Å². The van der Waals surface area contributed by atoms with Gasteiger partial charge in [0, 0.05) is 0 Å². The summed E-state index contributed by atoms with van der Waals surface area (Å²) in [6.07, 6.45) is 0. The molecule has 0 saturated carbocycles. The number of carboxylic acid groups (broad SMARTS) is 1. The van der Waals surface area contributed by atoms with Crippen LogP contribution in [-0.4, -0.2) is 16.9 Å². The van der Waals surface area contributed by atoms with E-state index in [4.69, 9.17) is 0 Å². The summed E-state index contributed by atoms with van der Waals surface area (Å²) in [5, 5.41) is 21.4. The minimum atomic E-state index is -2.96. The molecule has 0 aromatic heterocycles. The molecule has 0 amide bonds. The lowest BCUT2D eigenvalue weighted by Crippen LogP contribution is -2.47. The van der Waals surface area contributed by atoms with E-state index in [0.29, 0.717) is 24.3 Å². The molecule has 0 fully saturated rings. The van der Waals surface area contributed by atoms with Crippen LogP contribution in [0.2, 0.25) is 0 Å². The lowest BCUT2D eigenvalue weighted by molar-refractivity contribution is -0.322. The summed E-state index contributed by atoms with van der Waals surface area (Å²) in [6.45, 7) is 0. The first-order chi connectivity index (χ1) is 10.8. The quantitative estimate of drug-likeness (QED) is 0.642. The maximum absolute atomic E-state index is 13.2. The number of halogens is 5. The molecule has 0 radical (unpaired) electrons. The molecule has 2 rings (SSSR count). The van der Waals surface area contributed by atoms with E-state index in [2.05, 4.69) is 15.9 Å². The summed E-state index contributed by atoms with van der Waals surface area (Å²) in [7, 11) is 0. The molecule has 0 aliphatic rings. The second kappa shape index (κ2) is 7.56. The van der Waals surface area contributed by atoms with E-state index in [1.165, 1.54) is 0 Å². The number of aliphatic carboxylic acids is 1. The second-order valence-corrected chi connectivity index (χ2v) is 4.26. The van der Waals surface area contributed by atoms with Crippen LogP contribution in [0.15, 0.2) is 36.4 Å². The fourth-order valence-electron chi connectivity index (χ4n) is 1.84. The van der Waals surface area contributed by atoms with Crippen molar-refractivity contribution in [3.05, 3.63) is 70.8 Å². The van der Waals surface area contributed by atoms with Crippen molar-refractivity contribution in [3.63, 3.8) is 0 Å². The Labute approximate surface area is 137 Å². The van der Waals surface area contributed by atoms with E-state index >= 15 is 0 Å². The predicted octanol–water partition coefficient (Wildman–Crippen LogP) is 2.24. The standard InChI is InChI=1S/C14H8F4O3.CH3Br/c15-9-3-1-7(5-11(9)17)14(21,13(19)20)8-2-4-10(16)12(18)6-8;1-2/h1-6,21H,(H,19,20);1H3/p-1. The predicted molar refractivity (Wildman–Crippen MR) is 75.6 cm³/mol. The minimum Gasteiger partial charge on any atom is -0.546 e. The van der Waals surface area contributed by atoms with Gasteiger partial charge in [-0.15, -0.1) is 0 Å². The molecule has 124 valence electrons. The van der Waals surface area contributed by atoms with Gasteiger partial charge in [0.25, 0.3) is 0 Å². The Bertz CT molecular complexity index is 670. The molecule has 0 atom stereocenters. The smallest absolute Gasteiger partial charge is 0.159 e. The van der Waals surface area contributed by atoms with Gasteiger partial charge in [0.2, 0.25) is 0 Å². The summed E-state index contributed by atoms with van der Waals surface area (Å²) >= 11 is 2.94. The highest BCUT2D eigenvalue weighted by molar-refractivity contribution is 9.08. The van der Waals surface area contributed by atoms with E-state index in [9.17, 15) is 32.6 Å². The molecular formula is C15H10BrF4O3-. The summed E-state index contributed by atoms with van der Waals surface area (Å²) in [6, 6.07) is 3.67. The van der Waals surface area contributed by atoms with Crippen LogP contribution < -0.4 is 5.11 Å². The largest absolute Gasteiger partial charge is 0.546 e. The SMILES string of the molecule is CBr.O=C([O-])C(O)(c1ccc(F)c(F)c1)c1ccc(F)c(F)c1. The molecule has 0 saturated heterocycles. The van der Waals surface area contributed by atoms with Crippen LogP contribution in [0, 0.1) is 23.3 Å². The van der Waals surface area contributed by atoms with E-state index in [0.717, 1.165) is 12.1 Å². The molecule has 0 bridgehead atoms. The number of carboxylic acids is 1. The third-order valence-corrected chi connectivity index (χ3v) is 2.97. The highest BCUT2D eigenvalue weighted by Crippen LogP contribution is 2.31. The van der Waals surface area contributed by atoms with E-state index < -0.39 is 46.0 Å². The first kappa shape index (κ1) is 19.1. The van der Waals surface area contributed by atoms with Crippen LogP contribution in [-0.2, 0) is 10.4 Å². The Balaban J connectivity index is 0.00000127. The van der Waals surface area contributed by atoms with Crippen molar-refractivity contribution in [2.75, 3.05) is 5.83 Å². The van der Waals surface area contributed by atoms with Gasteiger partial charge in [0.15, 0.2) is 28.9 Å². The van der Waals surface area contributed by atoms with Gasteiger partial charge < -0.3 is 15.0 Å². The normalized spacial score (nSPS) is 10.7. The van der Waals surface area contributed by atoms with Crippen molar-refractivity contribution in [3.8, 4) is 0 Å². The number of alkyl halides is 1. The lowest BCUT2D eigenvalue weighted by Gasteiger charge is -2.30. The maximum Gasteiger partial charge on any atom is 0.159 e. The number of hydrogen-bond acceptors (Lipinski definition) is 3. The lowest BCUT2D eigenvalue weighted by atomic mass is 9.86. The van der Waals surface area contributed by atoms with Crippen molar-refractivity contribution in [1.82, 2.24) is 0 Å². The molecule has 0 aliphatic carbocycles. The van der Waals surface area contributed by atoms with E-state index in [-0.39, 0.29) is 0 Å². The fraction of sp³-hybridized carbons (Fsp3) is 0.133. The Morgan fingerprint density at radius 3 is 1.52 bits per heavy atom. The van der Waals surface area contributed by atoms with Crippen LogP contribution in [0.5, 0.6) is 0 Å². The third kappa shape index (κ3) is 3.70. The van der Waals surface area contributed by atoms with Crippen LogP contribution in [0.25, 0.3) is 0 Å².